The Balaban J connectivity index is 1.83. The first kappa shape index (κ1) is 19.9. The molecule has 3 rings (SSSR count). The van der Waals surface area contributed by atoms with Crippen molar-refractivity contribution in [2.24, 2.45) is 0 Å². The molecular formula is C20H21ClN2O2S2. The predicted molar refractivity (Wildman–Crippen MR) is 113 cm³/mol. The van der Waals surface area contributed by atoms with Crippen molar-refractivity contribution >= 4 is 38.6 Å². The number of thiophene rings is 1. The number of nitrogens with one attached hydrogen (secondary N) is 2. The molecule has 0 radical (unpaired) electrons. The fourth-order valence-electron chi connectivity index (χ4n) is 2.80. The van der Waals surface area contributed by atoms with Gasteiger partial charge in [-0.3, -0.25) is 0 Å². The van der Waals surface area contributed by atoms with Crippen molar-refractivity contribution in [1.29, 1.82) is 0 Å². The lowest BCUT2D eigenvalue weighted by Crippen LogP contribution is -2.31. The van der Waals surface area contributed by atoms with E-state index in [0.717, 1.165) is 29.0 Å². The highest BCUT2D eigenvalue weighted by atomic mass is 35.5. The molecule has 7 heteroatoms. The van der Waals surface area contributed by atoms with Gasteiger partial charge in [0, 0.05) is 12.2 Å². The van der Waals surface area contributed by atoms with Crippen LogP contribution in [0.15, 0.2) is 70.9 Å². The first-order valence-electron chi connectivity index (χ1n) is 8.64. The fraction of sp³-hybridized carbons (Fsp3) is 0.200. The minimum atomic E-state index is -3.61. The number of para-hydroxylation sites is 1. The molecule has 142 valence electrons. The molecule has 0 aliphatic heterocycles. The third-order valence-corrected chi connectivity index (χ3v) is 7.37. The van der Waals surface area contributed by atoms with Crippen LogP contribution in [0.3, 0.4) is 0 Å². The molecule has 1 atom stereocenters. The Bertz CT molecular complexity index is 988. The molecule has 2 N–H and O–H groups in total. The van der Waals surface area contributed by atoms with Crippen LogP contribution in [-0.2, 0) is 16.4 Å². The van der Waals surface area contributed by atoms with Crippen molar-refractivity contribution in [3.05, 3.63) is 82.2 Å². The summed E-state index contributed by atoms with van der Waals surface area (Å²) in [6, 6.07) is 20.8. The molecule has 0 aliphatic rings. The van der Waals surface area contributed by atoms with Crippen molar-refractivity contribution in [3.8, 4) is 0 Å². The number of benzene rings is 2. The molecule has 0 fully saturated rings. The van der Waals surface area contributed by atoms with E-state index in [4.69, 9.17) is 11.6 Å². The van der Waals surface area contributed by atoms with E-state index >= 15 is 0 Å². The minimum absolute atomic E-state index is 0.205. The van der Waals surface area contributed by atoms with Crippen LogP contribution in [0.2, 0.25) is 4.34 Å². The van der Waals surface area contributed by atoms with Crippen LogP contribution in [0.1, 0.15) is 24.1 Å². The molecule has 0 spiro atoms. The average molecular weight is 421 g/mol. The zero-order chi connectivity index (χ0) is 19.3. The summed E-state index contributed by atoms with van der Waals surface area (Å²) in [7, 11) is -3.61. The van der Waals surface area contributed by atoms with Gasteiger partial charge in [0.1, 0.15) is 4.21 Å². The Morgan fingerprint density at radius 2 is 1.70 bits per heavy atom. The summed E-state index contributed by atoms with van der Waals surface area (Å²) in [4.78, 5) is 0. The molecular weight excluding hydrogens is 400 g/mol. The van der Waals surface area contributed by atoms with E-state index in [0.29, 0.717) is 4.34 Å². The van der Waals surface area contributed by atoms with Gasteiger partial charge in [0.2, 0.25) is 10.0 Å². The van der Waals surface area contributed by atoms with E-state index in [9.17, 15) is 8.42 Å². The van der Waals surface area contributed by atoms with Crippen LogP contribution in [0, 0.1) is 0 Å². The molecule has 1 aromatic heterocycles. The van der Waals surface area contributed by atoms with Crippen LogP contribution in [-0.4, -0.2) is 15.0 Å². The number of sulfonamides is 1. The lowest BCUT2D eigenvalue weighted by atomic mass is 10.0. The Morgan fingerprint density at radius 3 is 2.37 bits per heavy atom. The van der Waals surface area contributed by atoms with Gasteiger partial charge in [-0.1, -0.05) is 67.1 Å². The highest BCUT2D eigenvalue weighted by molar-refractivity contribution is 7.91. The van der Waals surface area contributed by atoms with Crippen molar-refractivity contribution in [3.63, 3.8) is 0 Å². The summed E-state index contributed by atoms with van der Waals surface area (Å²) in [5.74, 6) is 0. The van der Waals surface area contributed by atoms with Gasteiger partial charge in [0.15, 0.2) is 0 Å². The maximum Gasteiger partial charge on any atom is 0.250 e. The number of halogens is 1. The number of anilines is 1. The average Bonchev–Trinajstić information content (AvgIpc) is 3.13. The molecule has 0 unspecified atom stereocenters. The third kappa shape index (κ3) is 5.11. The first-order valence-corrected chi connectivity index (χ1v) is 11.3. The molecule has 2 aromatic carbocycles. The second-order valence-corrected chi connectivity index (χ2v) is 9.74. The summed E-state index contributed by atoms with van der Waals surface area (Å²) in [6.07, 6.45) is 0.893. The lowest BCUT2D eigenvalue weighted by molar-refractivity contribution is 0.578. The Kier molecular flexibility index (Phi) is 6.55. The highest BCUT2D eigenvalue weighted by Gasteiger charge is 2.20. The topological polar surface area (TPSA) is 58.2 Å². The number of rotatable bonds is 8. The Morgan fingerprint density at radius 1 is 1.00 bits per heavy atom. The number of hydrogen-bond donors (Lipinski definition) is 2. The van der Waals surface area contributed by atoms with E-state index in [2.05, 4.69) is 23.0 Å². The van der Waals surface area contributed by atoms with Gasteiger partial charge >= 0.3 is 0 Å². The second kappa shape index (κ2) is 8.89. The first-order chi connectivity index (χ1) is 13.0. The van der Waals surface area contributed by atoms with Crippen LogP contribution in [0.5, 0.6) is 0 Å². The zero-order valence-corrected chi connectivity index (χ0v) is 17.2. The summed E-state index contributed by atoms with van der Waals surface area (Å²) >= 11 is 6.93. The van der Waals surface area contributed by atoms with Gasteiger partial charge < -0.3 is 5.32 Å². The molecule has 4 nitrogen and oxygen atoms in total. The van der Waals surface area contributed by atoms with E-state index in [1.165, 1.54) is 11.6 Å². The molecule has 1 heterocycles. The van der Waals surface area contributed by atoms with E-state index in [-0.39, 0.29) is 16.8 Å². The molecule has 27 heavy (non-hydrogen) atoms. The van der Waals surface area contributed by atoms with E-state index in [1.807, 2.05) is 48.5 Å². The van der Waals surface area contributed by atoms with Crippen LogP contribution < -0.4 is 10.0 Å². The van der Waals surface area contributed by atoms with Crippen molar-refractivity contribution in [2.45, 2.75) is 23.6 Å². The monoisotopic (exact) mass is 420 g/mol. The Labute approximate surface area is 169 Å². The smallest absolute Gasteiger partial charge is 0.250 e. The van der Waals surface area contributed by atoms with Gasteiger partial charge in [-0.2, -0.15) is 0 Å². The van der Waals surface area contributed by atoms with E-state index < -0.39 is 10.0 Å². The SMILES string of the molecule is CCc1ccccc1N[C@H](CNS(=O)(=O)c1ccc(Cl)s1)c1ccccc1. The summed E-state index contributed by atoms with van der Waals surface area (Å²) in [5.41, 5.74) is 3.20. The van der Waals surface area contributed by atoms with Crippen LogP contribution >= 0.6 is 22.9 Å². The van der Waals surface area contributed by atoms with Gasteiger partial charge in [0.25, 0.3) is 0 Å². The molecule has 0 saturated heterocycles. The third-order valence-electron chi connectivity index (χ3n) is 4.22. The largest absolute Gasteiger partial charge is 0.377 e. The summed E-state index contributed by atoms with van der Waals surface area (Å²) < 4.78 is 28.5. The van der Waals surface area contributed by atoms with Gasteiger partial charge in [0.05, 0.1) is 10.4 Å². The summed E-state index contributed by atoms with van der Waals surface area (Å²) in [6.45, 7) is 2.32. The second-order valence-electron chi connectivity index (χ2n) is 6.03. The van der Waals surface area contributed by atoms with Gasteiger partial charge in [-0.25, -0.2) is 13.1 Å². The molecule has 0 amide bonds. The fourth-order valence-corrected chi connectivity index (χ4v) is 5.38. The molecule has 0 aliphatic carbocycles. The van der Waals surface area contributed by atoms with Crippen LogP contribution in [0.4, 0.5) is 5.69 Å². The Hall–Kier alpha value is -1.86. The zero-order valence-electron chi connectivity index (χ0n) is 14.9. The van der Waals surface area contributed by atoms with Gasteiger partial charge in [-0.05, 0) is 35.7 Å². The minimum Gasteiger partial charge on any atom is -0.377 e. The highest BCUT2D eigenvalue weighted by Crippen LogP contribution is 2.27. The lowest BCUT2D eigenvalue weighted by Gasteiger charge is -2.22. The molecule has 0 saturated carbocycles. The summed E-state index contributed by atoms with van der Waals surface area (Å²) in [5, 5.41) is 3.49. The van der Waals surface area contributed by atoms with Crippen molar-refractivity contribution in [1.82, 2.24) is 4.72 Å². The maximum absolute atomic E-state index is 12.6. The standard InChI is InChI=1S/C20H21ClN2O2S2/c1-2-15-8-6-7-11-17(15)23-18(16-9-4-3-5-10-16)14-22-27(24,25)20-13-12-19(21)26-20/h3-13,18,22-23H,2,14H2,1H3/t18-/m1/s1. The van der Waals surface area contributed by atoms with Crippen molar-refractivity contribution < 1.29 is 8.42 Å². The normalized spacial score (nSPS) is 12.7. The van der Waals surface area contributed by atoms with E-state index in [1.54, 1.807) is 6.07 Å². The predicted octanol–water partition coefficient (Wildman–Crippen LogP) is 5.10. The number of aryl methyl sites for hydroxylation is 1. The van der Waals surface area contributed by atoms with Crippen molar-refractivity contribution in [2.75, 3.05) is 11.9 Å². The number of hydrogen-bond acceptors (Lipinski definition) is 4. The van der Waals surface area contributed by atoms with Gasteiger partial charge in [-0.15, -0.1) is 11.3 Å². The molecule has 0 bridgehead atoms. The molecule has 3 aromatic rings. The van der Waals surface area contributed by atoms with Crippen LogP contribution in [0.25, 0.3) is 0 Å². The maximum atomic E-state index is 12.6. The quantitative estimate of drug-likeness (QED) is 0.533.